The smallest absolute Gasteiger partial charge is 0.309 e. The molecule has 0 aliphatic carbocycles. The van der Waals surface area contributed by atoms with Crippen molar-refractivity contribution in [1.29, 1.82) is 0 Å². The Morgan fingerprint density at radius 2 is 1.70 bits per heavy atom. The SMILES string of the molecule is COC(=O)Cc1ccc(-c2cc([C@H](Cc3ccc(NC(C)=O)cc3)NC(=O)/C=C/c3cc(Cl)ccc3-n3cnnn3)nnc2Cl)cc1. The first-order chi connectivity index (χ1) is 22.7. The molecule has 2 heterocycles. The highest BCUT2D eigenvalue weighted by Gasteiger charge is 2.20. The van der Waals surface area contributed by atoms with Crippen LogP contribution in [-0.4, -0.2) is 55.3 Å². The van der Waals surface area contributed by atoms with E-state index in [-0.39, 0.29) is 23.5 Å². The van der Waals surface area contributed by atoms with Gasteiger partial charge in [-0.05, 0) is 76.0 Å². The molecule has 12 nitrogen and oxygen atoms in total. The van der Waals surface area contributed by atoms with Gasteiger partial charge in [0.05, 0.1) is 31.0 Å². The number of tetrazole rings is 1. The number of benzene rings is 3. The molecule has 2 amide bonds. The van der Waals surface area contributed by atoms with Gasteiger partial charge in [-0.15, -0.1) is 10.2 Å². The Kier molecular flexibility index (Phi) is 10.7. The van der Waals surface area contributed by atoms with Gasteiger partial charge in [0, 0.05) is 34.8 Å². The van der Waals surface area contributed by atoms with Crippen molar-refractivity contribution in [2.45, 2.75) is 25.8 Å². The number of anilines is 1. The number of carbonyl (C=O) groups excluding carboxylic acids is 3. The summed E-state index contributed by atoms with van der Waals surface area (Å²) in [6, 6.07) is 20.8. The zero-order valence-electron chi connectivity index (χ0n) is 25.2. The number of nitrogens with zero attached hydrogens (tertiary/aromatic N) is 6. The van der Waals surface area contributed by atoms with Gasteiger partial charge in [0.1, 0.15) is 6.33 Å². The second kappa shape index (κ2) is 15.2. The average Bonchev–Trinajstić information content (AvgIpc) is 3.60. The molecule has 0 aliphatic heterocycles. The van der Waals surface area contributed by atoms with Crippen LogP contribution in [0.3, 0.4) is 0 Å². The van der Waals surface area contributed by atoms with Gasteiger partial charge in [0.15, 0.2) is 5.15 Å². The largest absolute Gasteiger partial charge is 0.469 e. The predicted molar refractivity (Wildman–Crippen MR) is 177 cm³/mol. The third-order valence-corrected chi connectivity index (χ3v) is 7.51. The van der Waals surface area contributed by atoms with Crippen LogP contribution in [0.1, 0.15) is 35.3 Å². The maximum absolute atomic E-state index is 13.4. The molecule has 14 heteroatoms. The molecule has 47 heavy (non-hydrogen) atoms. The topological polar surface area (TPSA) is 154 Å². The van der Waals surface area contributed by atoms with Gasteiger partial charge in [0.2, 0.25) is 11.8 Å². The molecule has 0 spiro atoms. The molecule has 0 unspecified atom stereocenters. The predicted octanol–water partition coefficient (Wildman–Crippen LogP) is 5.21. The van der Waals surface area contributed by atoms with E-state index in [1.54, 1.807) is 42.5 Å². The minimum absolute atomic E-state index is 0.138. The van der Waals surface area contributed by atoms with Crippen LogP contribution in [0.5, 0.6) is 0 Å². The molecule has 0 fully saturated rings. The van der Waals surface area contributed by atoms with Gasteiger partial charge < -0.3 is 15.4 Å². The van der Waals surface area contributed by atoms with E-state index in [9.17, 15) is 14.4 Å². The highest BCUT2D eigenvalue weighted by Crippen LogP contribution is 2.30. The third-order valence-electron chi connectivity index (χ3n) is 7.00. The lowest BCUT2D eigenvalue weighted by Crippen LogP contribution is -2.29. The summed E-state index contributed by atoms with van der Waals surface area (Å²) >= 11 is 12.7. The summed E-state index contributed by atoms with van der Waals surface area (Å²) < 4.78 is 6.22. The Labute approximate surface area is 279 Å². The Balaban J connectivity index is 1.44. The summed E-state index contributed by atoms with van der Waals surface area (Å²) in [5, 5.41) is 26.2. The summed E-state index contributed by atoms with van der Waals surface area (Å²) in [7, 11) is 1.34. The molecular formula is C33H28Cl2N8O4. The molecule has 0 radical (unpaired) electrons. The number of hydrogen-bond acceptors (Lipinski definition) is 9. The zero-order valence-corrected chi connectivity index (χ0v) is 26.7. The number of halogens is 2. The summed E-state index contributed by atoms with van der Waals surface area (Å²) in [6.45, 7) is 1.44. The van der Waals surface area contributed by atoms with E-state index in [1.807, 2.05) is 36.4 Å². The fraction of sp³-hybridized carbons (Fsp3) is 0.152. The van der Waals surface area contributed by atoms with Crippen molar-refractivity contribution in [2.24, 2.45) is 0 Å². The van der Waals surface area contributed by atoms with Crippen LogP contribution in [0.4, 0.5) is 5.69 Å². The molecule has 0 saturated carbocycles. The second-order valence-corrected chi connectivity index (χ2v) is 11.2. The molecule has 5 rings (SSSR count). The maximum Gasteiger partial charge on any atom is 0.309 e. The third kappa shape index (κ3) is 8.84. The summed E-state index contributed by atoms with van der Waals surface area (Å²) in [6.07, 6.45) is 4.93. The summed E-state index contributed by atoms with van der Waals surface area (Å²) in [5.41, 5.74) is 5.36. The number of nitrogens with one attached hydrogen (secondary N) is 2. The van der Waals surface area contributed by atoms with Gasteiger partial charge in [-0.1, -0.05) is 59.6 Å². The number of amides is 2. The molecule has 3 aromatic carbocycles. The van der Waals surface area contributed by atoms with E-state index in [4.69, 9.17) is 27.9 Å². The van der Waals surface area contributed by atoms with Gasteiger partial charge in [0.25, 0.3) is 0 Å². The molecule has 0 saturated heterocycles. The van der Waals surface area contributed by atoms with Crippen LogP contribution in [0.2, 0.25) is 10.2 Å². The van der Waals surface area contributed by atoms with Gasteiger partial charge in [-0.25, -0.2) is 0 Å². The fourth-order valence-electron chi connectivity index (χ4n) is 4.72. The highest BCUT2D eigenvalue weighted by molar-refractivity contribution is 6.32. The fourth-order valence-corrected chi connectivity index (χ4v) is 5.10. The first kappa shape index (κ1) is 32.9. The van der Waals surface area contributed by atoms with Crippen LogP contribution in [0, 0.1) is 0 Å². The van der Waals surface area contributed by atoms with E-state index in [0.717, 1.165) is 16.7 Å². The monoisotopic (exact) mass is 670 g/mol. The number of ether oxygens (including phenoxy) is 1. The number of aromatic nitrogens is 6. The van der Waals surface area contributed by atoms with Gasteiger partial charge in [-0.3, -0.25) is 14.4 Å². The number of hydrogen-bond donors (Lipinski definition) is 2. The van der Waals surface area contributed by atoms with Crippen molar-refractivity contribution in [3.63, 3.8) is 0 Å². The van der Waals surface area contributed by atoms with Crippen LogP contribution in [0.25, 0.3) is 22.9 Å². The normalized spacial score (nSPS) is 11.7. The second-order valence-electron chi connectivity index (χ2n) is 10.4. The number of carbonyl (C=O) groups is 3. The molecule has 0 bridgehead atoms. The van der Waals surface area contributed by atoms with Crippen molar-refractivity contribution in [3.05, 3.63) is 118 Å². The van der Waals surface area contributed by atoms with E-state index in [0.29, 0.717) is 39.6 Å². The Morgan fingerprint density at radius 3 is 2.38 bits per heavy atom. The molecule has 2 N–H and O–H groups in total. The van der Waals surface area contributed by atoms with Gasteiger partial charge >= 0.3 is 5.97 Å². The minimum Gasteiger partial charge on any atom is -0.469 e. The average molecular weight is 672 g/mol. The van der Waals surface area contributed by atoms with Gasteiger partial charge in [-0.2, -0.15) is 9.78 Å². The molecule has 0 aliphatic rings. The van der Waals surface area contributed by atoms with Crippen molar-refractivity contribution in [3.8, 4) is 16.8 Å². The van der Waals surface area contributed by atoms with Crippen molar-refractivity contribution in [1.82, 2.24) is 35.7 Å². The minimum atomic E-state index is -0.626. The Bertz CT molecular complexity index is 1910. The highest BCUT2D eigenvalue weighted by atomic mass is 35.5. The molecular weight excluding hydrogens is 643 g/mol. The summed E-state index contributed by atoms with van der Waals surface area (Å²) in [5.74, 6) is -0.929. The summed E-state index contributed by atoms with van der Waals surface area (Å²) in [4.78, 5) is 36.6. The maximum atomic E-state index is 13.4. The van der Waals surface area contributed by atoms with Crippen LogP contribution in [-0.2, 0) is 32.0 Å². The lowest BCUT2D eigenvalue weighted by molar-refractivity contribution is -0.139. The van der Waals surface area contributed by atoms with E-state index in [1.165, 1.54) is 31.1 Å². The number of esters is 1. The lowest BCUT2D eigenvalue weighted by Gasteiger charge is -2.19. The van der Waals surface area contributed by atoms with Crippen LogP contribution >= 0.6 is 23.2 Å². The van der Waals surface area contributed by atoms with E-state index in [2.05, 4.69) is 36.4 Å². The molecule has 5 aromatic rings. The van der Waals surface area contributed by atoms with Crippen molar-refractivity contribution >= 4 is 52.7 Å². The first-order valence-electron chi connectivity index (χ1n) is 14.3. The standard InChI is InChI=1S/C33H28Cl2N8O4/c1-20(44)37-26-11-5-21(6-12-26)15-28(38-31(45)14-9-24-17-25(34)10-13-30(24)43-19-36-41-42-43)29-18-27(33(35)40-39-29)23-7-3-22(4-8-23)16-32(46)47-2/h3-14,17-19,28H,15-16H2,1-2H3,(H,37,44)(H,38,45)/b14-9+/t28-/m0/s1. The molecule has 1 atom stereocenters. The van der Waals surface area contributed by atoms with Crippen LogP contribution in [0.15, 0.2) is 85.2 Å². The Morgan fingerprint density at radius 1 is 0.957 bits per heavy atom. The Hall–Kier alpha value is -5.46. The van der Waals surface area contributed by atoms with Crippen molar-refractivity contribution in [2.75, 3.05) is 12.4 Å². The lowest BCUT2D eigenvalue weighted by atomic mass is 9.99. The first-order valence-corrected chi connectivity index (χ1v) is 15.0. The molecule has 2 aromatic heterocycles. The van der Waals surface area contributed by atoms with E-state index < -0.39 is 11.9 Å². The van der Waals surface area contributed by atoms with Crippen molar-refractivity contribution < 1.29 is 19.1 Å². The number of methoxy groups -OCH3 is 1. The van der Waals surface area contributed by atoms with E-state index >= 15 is 0 Å². The molecule has 238 valence electrons. The quantitative estimate of drug-likeness (QED) is 0.142. The van der Waals surface area contributed by atoms with Crippen LogP contribution < -0.4 is 10.6 Å². The zero-order chi connectivity index (χ0) is 33.3. The number of rotatable bonds is 11.